The van der Waals surface area contributed by atoms with E-state index < -0.39 is 0 Å². The monoisotopic (exact) mass is 360 g/mol. The van der Waals surface area contributed by atoms with Gasteiger partial charge in [-0.15, -0.1) is 0 Å². The molecule has 0 atom stereocenters. The van der Waals surface area contributed by atoms with E-state index in [4.69, 9.17) is 0 Å². The lowest BCUT2D eigenvalue weighted by Crippen LogP contribution is -2.37. The summed E-state index contributed by atoms with van der Waals surface area (Å²) in [6.45, 7) is 3.92. The second-order valence-corrected chi connectivity index (χ2v) is 5.65. The quantitative estimate of drug-likeness (QED) is 0.539. The number of aliphatic imine (C=N–C) groups is 3. The molecule has 0 amide bonds. The van der Waals surface area contributed by atoms with Gasteiger partial charge in [-0.1, -0.05) is 11.9 Å². The predicted molar refractivity (Wildman–Crippen MR) is 107 cm³/mol. The van der Waals surface area contributed by atoms with Gasteiger partial charge in [0.25, 0.3) is 0 Å². The third-order valence-electron chi connectivity index (χ3n) is 3.39. The van der Waals surface area contributed by atoms with Crippen LogP contribution in [0.4, 0.5) is 10.1 Å². The Hall–Kier alpha value is -2.45. The summed E-state index contributed by atoms with van der Waals surface area (Å²) in [7, 11) is 3.45. The van der Waals surface area contributed by atoms with Gasteiger partial charge in [-0.25, -0.2) is 4.39 Å². The van der Waals surface area contributed by atoms with E-state index in [-0.39, 0.29) is 5.82 Å². The highest BCUT2D eigenvalue weighted by molar-refractivity contribution is 7.99. The van der Waals surface area contributed by atoms with Crippen LogP contribution in [0, 0.1) is 5.82 Å². The standard InChI is InChI=1S/C17H21FN6S/c1-19-9-11-7-14(17(21-3)23-16(11)22-10-20-2)13-8-12(24-25-4)5-6-15(13)18/h5-9,20,24H,1,10H2,2-4H3,(H,21,22,23)/b11-9-. The molecule has 0 aromatic heterocycles. The zero-order valence-corrected chi connectivity index (χ0v) is 15.2. The van der Waals surface area contributed by atoms with E-state index >= 15 is 0 Å². The van der Waals surface area contributed by atoms with Crippen molar-refractivity contribution in [2.75, 3.05) is 31.7 Å². The second kappa shape index (κ2) is 9.14. The number of nitrogens with zero attached hydrogens (tertiary/aromatic N) is 3. The van der Waals surface area contributed by atoms with Crippen molar-refractivity contribution in [2.24, 2.45) is 15.0 Å². The second-order valence-electron chi connectivity index (χ2n) is 5.04. The summed E-state index contributed by atoms with van der Waals surface area (Å²) in [6.07, 6.45) is 5.30. The van der Waals surface area contributed by atoms with Gasteiger partial charge in [0.15, 0.2) is 0 Å². The van der Waals surface area contributed by atoms with Gasteiger partial charge in [-0.2, -0.15) is 0 Å². The average Bonchev–Trinajstić information content (AvgIpc) is 2.62. The molecule has 25 heavy (non-hydrogen) atoms. The lowest BCUT2D eigenvalue weighted by atomic mass is 9.97. The van der Waals surface area contributed by atoms with Crippen LogP contribution in [-0.4, -0.2) is 45.4 Å². The Kier molecular flexibility index (Phi) is 6.91. The summed E-state index contributed by atoms with van der Waals surface area (Å²) in [5.74, 6) is 0.809. The van der Waals surface area contributed by atoms with Gasteiger partial charge in [0.1, 0.15) is 17.5 Å². The van der Waals surface area contributed by atoms with Gasteiger partial charge < -0.3 is 15.4 Å². The summed E-state index contributed by atoms with van der Waals surface area (Å²) in [5, 5.41) is 6.10. The van der Waals surface area contributed by atoms with Crippen LogP contribution in [-0.2, 0) is 0 Å². The molecule has 0 saturated heterocycles. The Balaban J connectivity index is 2.57. The highest BCUT2D eigenvalue weighted by Gasteiger charge is 2.22. The number of nitrogens with one attached hydrogen (secondary N) is 3. The number of amidine groups is 2. The molecule has 3 N–H and O–H groups in total. The number of anilines is 1. The number of benzene rings is 1. The molecule has 0 radical (unpaired) electrons. The maximum atomic E-state index is 14.5. The summed E-state index contributed by atoms with van der Waals surface area (Å²) in [5.41, 5.74) is 2.58. The van der Waals surface area contributed by atoms with Crippen molar-refractivity contribution in [3.05, 3.63) is 47.4 Å². The predicted octanol–water partition coefficient (Wildman–Crippen LogP) is 2.69. The normalized spacial score (nSPS) is 19.0. The Morgan fingerprint density at radius 2 is 2.16 bits per heavy atom. The molecule has 132 valence electrons. The molecule has 6 nitrogen and oxygen atoms in total. The van der Waals surface area contributed by atoms with Gasteiger partial charge in [0.2, 0.25) is 0 Å². The van der Waals surface area contributed by atoms with Crippen molar-refractivity contribution in [3.63, 3.8) is 0 Å². The molecule has 1 aliphatic heterocycles. The number of hydrogen-bond acceptors (Lipinski definition) is 6. The van der Waals surface area contributed by atoms with Crippen LogP contribution in [0.5, 0.6) is 0 Å². The first kappa shape index (κ1) is 18.9. The smallest absolute Gasteiger partial charge is 0.136 e. The minimum Gasteiger partial charge on any atom is -0.330 e. The highest BCUT2D eigenvalue weighted by atomic mass is 32.2. The average molecular weight is 360 g/mol. The zero-order chi connectivity index (χ0) is 18.2. The fraction of sp³-hybridized carbons (Fsp3) is 0.235. The van der Waals surface area contributed by atoms with Gasteiger partial charge >= 0.3 is 0 Å². The third-order valence-corrected chi connectivity index (χ3v) is 3.83. The molecule has 1 aromatic rings. The highest BCUT2D eigenvalue weighted by Crippen LogP contribution is 2.27. The molecule has 0 aliphatic carbocycles. The number of hydrogen-bond donors (Lipinski definition) is 3. The van der Waals surface area contributed by atoms with Crippen molar-refractivity contribution in [1.29, 1.82) is 0 Å². The summed E-state index contributed by atoms with van der Waals surface area (Å²) in [6, 6.07) is 4.87. The Labute approximate surface area is 151 Å². The van der Waals surface area contributed by atoms with Gasteiger partial charge in [0.05, 0.1) is 6.67 Å². The molecular formula is C17H21FN6S. The van der Waals surface area contributed by atoms with Gasteiger partial charge in [-0.3, -0.25) is 15.0 Å². The fourth-order valence-electron chi connectivity index (χ4n) is 2.32. The largest absolute Gasteiger partial charge is 0.330 e. The van der Waals surface area contributed by atoms with Crippen molar-refractivity contribution in [2.45, 2.75) is 0 Å². The SMILES string of the molecule is C=N/C=C1/C=C(c2cc(NSC)ccc2F)C(=NC)N/C1=N/CNC. The topological polar surface area (TPSA) is 73.2 Å². The van der Waals surface area contributed by atoms with Crippen LogP contribution < -0.4 is 15.4 Å². The first-order valence-electron chi connectivity index (χ1n) is 7.54. The summed E-state index contributed by atoms with van der Waals surface area (Å²) < 4.78 is 17.6. The molecule has 8 heteroatoms. The summed E-state index contributed by atoms with van der Waals surface area (Å²) >= 11 is 1.44. The van der Waals surface area contributed by atoms with Crippen LogP contribution in [0.1, 0.15) is 5.56 Å². The Bertz CT molecular complexity index is 766. The third kappa shape index (κ3) is 4.55. The molecule has 0 fully saturated rings. The van der Waals surface area contributed by atoms with Crippen molar-refractivity contribution >= 4 is 41.6 Å². The Morgan fingerprint density at radius 3 is 2.80 bits per heavy atom. The molecule has 0 spiro atoms. The molecule has 0 saturated carbocycles. The van der Waals surface area contributed by atoms with E-state index in [9.17, 15) is 4.39 Å². The maximum absolute atomic E-state index is 14.5. The van der Waals surface area contributed by atoms with E-state index in [0.717, 1.165) is 5.69 Å². The van der Waals surface area contributed by atoms with E-state index in [1.54, 1.807) is 32.4 Å². The van der Waals surface area contributed by atoms with E-state index in [2.05, 4.69) is 37.1 Å². The van der Waals surface area contributed by atoms with Crippen LogP contribution in [0.2, 0.25) is 0 Å². The first-order chi connectivity index (χ1) is 12.1. The molecule has 2 rings (SSSR count). The molecule has 1 heterocycles. The molecule has 0 unspecified atom stereocenters. The van der Waals surface area contributed by atoms with Crippen LogP contribution in [0.15, 0.2) is 51.0 Å². The molecule has 0 bridgehead atoms. The van der Waals surface area contributed by atoms with E-state index in [0.29, 0.717) is 35.0 Å². The van der Waals surface area contributed by atoms with Crippen molar-refractivity contribution in [1.82, 2.24) is 10.6 Å². The van der Waals surface area contributed by atoms with Gasteiger partial charge in [0, 0.05) is 41.9 Å². The lowest BCUT2D eigenvalue weighted by molar-refractivity contribution is 0.624. The minimum absolute atomic E-state index is 0.331. The maximum Gasteiger partial charge on any atom is 0.136 e. The number of rotatable bonds is 6. The van der Waals surface area contributed by atoms with E-state index in [1.807, 2.05) is 12.3 Å². The minimum atomic E-state index is -0.331. The van der Waals surface area contributed by atoms with E-state index in [1.165, 1.54) is 18.0 Å². The van der Waals surface area contributed by atoms with Crippen LogP contribution >= 0.6 is 11.9 Å². The van der Waals surface area contributed by atoms with Crippen molar-refractivity contribution in [3.8, 4) is 0 Å². The van der Waals surface area contributed by atoms with Crippen LogP contribution in [0.3, 0.4) is 0 Å². The van der Waals surface area contributed by atoms with Crippen molar-refractivity contribution < 1.29 is 4.39 Å². The molecule has 1 aromatic carbocycles. The molecule has 1 aliphatic rings. The van der Waals surface area contributed by atoms with Gasteiger partial charge in [-0.05, 0) is 38.0 Å². The van der Waals surface area contributed by atoms with Crippen LogP contribution in [0.25, 0.3) is 5.57 Å². The fourth-order valence-corrected chi connectivity index (χ4v) is 2.69. The first-order valence-corrected chi connectivity index (χ1v) is 8.77. The molecular weight excluding hydrogens is 339 g/mol. The Morgan fingerprint density at radius 1 is 1.36 bits per heavy atom. The summed E-state index contributed by atoms with van der Waals surface area (Å²) in [4.78, 5) is 12.5. The zero-order valence-electron chi connectivity index (χ0n) is 14.4. The lowest BCUT2D eigenvalue weighted by Gasteiger charge is -2.22. The number of halogens is 1.